The Morgan fingerprint density at radius 1 is 0.742 bits per heavy atom. The fraction of sp³-hybridized carbons (Fsp3) is 0.200. The fourth-order valence-corrected chi connectivity index (χ4v) is 3.27. The Hall–Kier alpha value is -3.80. The SMILES string of the molecule is CCN(CC)c1ccc(NC(=O)C(=O)Nc2ccc(Nc3ccccc3)cc2)c(C)c1. The molecule has 0 aliphatic carbocycles. The maximum absolute atomic E-state index is 12.4. The third-order valence-electron chi connectivity index (χ3n) is 5.00. The van der Waals surface area contributed by atoms with Crippen molar-refractivity contribution in [1.82, 2.24) is 0 Å². The second kappa shape index (κ2) is 10.3. The second-order valence-electron chi connectivity index (χ2n) is 7.15. The van der Waals surface area contributed by atoms with E-state index in [4.69, 9.17) is 0 Å². The van der Waals surface area contributed by atoms with Crippen molar-refractivity contribution in [2.75, 3.05) is 33.9 Å². The molecule has 3 rings (SSSR count). The van der Waals surface area contributed by atoms with Crippen LogP contribution in [-0.2, 0) is 9.59 Å². The molecule has 0 unspecified atom stereocenters. The minimum absolute atomic E-state index is 0.548. The van der Waals surface area contributed by atoms with Crippen molar-refractivity contribution in [3.05, 3.63) is 78.4 Å². The second-order valence-corrected chi connectivity index (χ2v) is 7.15. The van der Waals surface area contributed by atoms with Crippen molar-refractivity contribution in [3.8, 4) is 0 Å². The summed E-state index contributed by atoms with van der Waals surface area (Å²) in [6, 6.07) is 22.8. The average Bonchev–Trinajstić information content (AvgIpc) is 2.78. The van der Waals surface area contributed by atoms with Crippen LogP contribution in [0.1, 0.15) is 19.4 Å². The summed E-state index contributed by atoms with van der Waals surface area (Å²) in [7, 11) is 0. The lowest BCUT2D eigenvalue weighted by molar-refractivity contribution is -0.133. The van der Waals surface area contributed by atoms with Gasteiger partial charge in [0.25, 0.3) is 0 Å². The number of anilines is 5. The van der Waals surface area contributed by atoms with Crippen LogP contribution in [0.4, 0.5) is 28.4 Å². The molecule has 0 spiro atoms. The molecule has 0 saturated heterocycles. The smallest absolute Gasteiger partial charge is 0.314 e. The van der Waals surface area contributed by atoms with Gasteiger partial charge in [-0.1, -0.05) is 18.2 Å². The number of hydrogen-bond acceptors (Lipinski definition) is 4. The van der Waals surface area contributed by atoms with E-state index in [1.807, 2.05) is 67.6 Å². The number of nitrogens with one attached hydrogen (secondary N) is 3. The van der Waals surface area contributed by atoms with E-state index < -0.39 is 11.8 Å². The van der Waals surface area contributed by atoms with Crippen LogP contribution in [-0.4, -0.2) is 24.9 Å². The highest BCUT2D eigenvalue weighted by Crippen LogP contribution is 2.23. The molecule has 31 heavy (non-hydrogen) atoms. The lowest BCUT2D eigenvalue weighted by Crippen LogP contribution is -2.29. The molecule has 0 radical (unpaired) electrons. The molecule has 0 aliphatic heterocycles. The number of benzene rings is 3. The predicted molar refractivity (Wildman–Crippen MR) is 128 cm³/mol. The minimum atomic E-state index is -0.712. The molecule has 160 valence electrons. The largest absolute Gasteiger partial charge is 0.372 e. The van der Waals surface area contributed by atoms with Gasteiger partial charge in [-0.05, 0) is 80.9 Å². The van der Waals surface area contributed by atoms with Crippen LogP contribution >= 0.6 is 0 Å². The third kappa shape index (κ3) is 5.85. The zero-order valence-electron chi connectivity index (χ0n) is 18.1. The topological polar surface area (TPSA) is 73.5 Å². The van der Waals surface area contributed by atoms with Crippen LogP contribution < -0.4 is 20.9 Å². The van der Waals surface area contributed by atoms with E-state index >= 15 is 0 Å². The van der Waals surface area contributed by atoms with E-state index in [0.717, 1.165) is 35.7 Å². The molecule has 0 heterocycles. The van der Waals surface area contributed by atoms with Gasteiger partial charge in [-0.3, -0.25) is 9.59 Å². The molecule has 2 amide bonds. The maximum atomic E-state index is 12.4. The summed E-state index contributed by atoms with van der Waals surface area (Å²) >= 11 is 0. The number of hydrogen-bond donors (Lipinski definition) is 3. The molecular formula is C25H28N4O2. The molecule has 0 aliphatic rings. The summed E-state index contributed by atoms with van der Waals surface area (Å²) in [4.78, 5) is 26.9. The zero-order valence-corrected chi connectivity index (χ0v) is 18.1. The number of carbonyl (C=O) groups is 2. The van der Waals surface area contributed by atoms with Gasteiger partial charge in [-0.25, -0.2) is 0 Å². The summed E-state index contributed by atoms with van der Waals surface area (Å²) in [6.07, 6.45) is 0. The van der Waals surface area contributed by atoms with Crippen LogP contribution in [0.25, 0.3) is 0 Å². The molecule has 0 saturated carbocycles. The number of aryl methyl sites for hydroxylation is 1. The van der Waals surface area contributed by atoms with Gasteiger partial charge >= 0.3 is 11.8 Å². The first-order valence-corrected chi connectivity index (χ1v) is 10.4. The predicted octanol–water partition coefficient (Wildman–Crippen LogP) is 5.16. The summed E-state index contributed by atoms with van der Waals surface area (Å²) in [5, 5.41) is 8.60. The average molecular weight is 417 g/mol. The van der Waals surface area contributed by atoms with E-state index in [-0.39, 0.29) is 0 Å². The zero-order chi connectivity index (χ0) is 22.2. The first-order chi connectivity index (χ1) is 15.0. The molecule has 0 atom stereocenters. The maximum Gasteiger partial charge on any atom is 0.314 e. The Bertz CT molecular complexity index is 1030. The van der Waals surface area contributed by atoms with Crippen molar-refractivity contribution >= 4 is 40.3 Å². The molecular weight excluding hydrogens is 388 g/mol. The normalized spacial score (nSPS) is 10.3. The Labute approximate surface area is 183 Å². The summed E-state index contributed by atoms with van der Waals surface area (Å²) < 4.78 is 0. The van der Waals surface area contributed by atoms with Crippen molar-refractivity contribution in [2.45, 2.75) is 20.8 Å². The van der Waals surface area contributed by atoms with E-state index in [9.17, 15) is 9.59 Å². The quantitative estimate of drug-likeness (QED) is 0.465. The Kier molecular flexibility index (Phi) is 7.27. The van der Waals surface area contributed by atoms with Gasteiger partial charge in [0.1, 0.15) is 0 Å². The van der Waals surface area contributed by atoms with Crippen LogP contribution in [0.2, 0.25) is 0 Å². The van der Waals surface area contributed by atoms with Crippen LogP contribution in [0, 0.1) is 6.92 Å². The molecule has 0 fully saturated rings. The Balaban J connectivity index is 1.58. The van der Waals surface area contributed by atoms with Crippen LogP contribution in [0.15, 0.2) is 72.8 Å². The standard InChI is InChI=1S/C25H28N4O2/c1-4-29(5-2)22-15-16-23(18(3)17-22)28-25(31)24(30)27-21-13-11-20(12-14-21)26-19-9-7-6-8-10-19/h6-17,26H,4-5H2,1-3H3,(H,27,30)(H,28,31). The lowest BCUT2D eigenvalue weighted by atomic mass is 10.1. The summed E-state index contributed by atoms with van der Waals surface area (Å²) in [5.74, 6) is -1.42. The highest BCUT2D eigenvalue weighted by molar-refractivity contribution is 6.43. The molecule has 3 aromatic rings. The van der Waals surface area contributed by atoms with Gasteiger partial charge < -0.3 is 20.9 Å². The number of para-hydroxylation sites is 1. The molecule has 3 aromatic carbocycles. The van der Waals surface area contributed by atoms with Crippen LogP contribution in [0.3, 0.4) is 0 Å². The number of amides is 2. The van der Waals surface area contributed by atoms with Gasteiger partial charge in [0.2, 0.25) is 0 Å². The van der Waals surface area contributed by atoms with Gasteiger partial charge in [0, 0.05) is 41.5 Å². The number of nitrogens with zero attached hydrogens (tertiary/aromatic N) is 1. The van der Waals surface area contributed by atoms with Gasteiger partial charge in [0.05, 0.1) is 0 Å². The van der Waals surface area contributed by atoms with E-state index in [0.29, 0.717) is 11.4 Å². The Morgan fingerprint density at radius 3 is 1.94 bits per heavy atom. The van der Waals surface area contributed by atoms with Gasteiger partial charge in [0.15, 0.2) is 0 Å². The number of rotatable bonds is 7. The minimum Gasteiger partial charge on any atom is -0.372 e. The lowest BCUT2D eigenvalue weighted by Gasteiger charge is -2.22. The highest BCUT2D eigenvalue weighted by Gasteiger charge is 2.15. The van der Waals surface area contributed by atoms with E-state index in [1.54, 1.807) is 12.1 Å². The van der Waals surface area contributed by atoms with Crippen molar-refractivity contribution in [3.63, 3.8) is 0 Å². The molecule has 0 aromatic heterocycles. The van der Waals surface area contributed by atoms with Gasteiger partial charge in [-0.15, -0.1) is 0 Å². The molecule has 6 nitrogen and oxygen atoms in total. The number of carbonyl (C=O) groups excluding carboxylic acids is 2. The van der Waals surface area contributed by atoms with Crippen molar-refractivity contribution in [1.29, 1.82) is 0 Å². The molecule has 3 N–H and O–H groups in total. The van der Waals surface area contributed by atoms with Crippen molar-refractivity contribution in [2.24, 2.45) is 0 Å². The van der Waals surface area contributed by atoms with Gasteiger partial charge in [-0.2, -0.15) is 0 Å². The first-order valence-electron chi connectivity index (χ1n) is 10.4. The Morgan fingerprint density at radius 2 is 1.32 bits per heavy atom. The monoisotopic (exact) mass is 416 g/mol. The summed E-state index contributed by atoms with van der Waals surface area (Å²) in [6.45, 7) is 7.93. The van der Waals surface area contributed by atoms with Crippen molar-refractivity contribution < 1.29 is 9.59 Å². The summed E-state index contributed by atoms with van der Waals surface area (Å²) in [5.41, 5.74) is 5.03. The highest BCUT2D eigenvalue weighted by atomic mass is 16.2. The fourth-order valence-electron chi connectivity index (χ4n) is 3.27. The third-order valence-corrected chi connectivity index (χ3v) is 5.00. The first kappa shape index (κ1) is 21.9. The van der Waals surface area contributed by atoms with E-state index in [2.05, 4.69) is 34.7 Å². The molecule has 0 bridgehead atoms. The van der Waals surface area contributed by atoms with Crippen LogP contribution in [0.5, 0.6) is 0 Å². The molecule has 6 heteroatoms. The van der Waals surface area contributed by atoms with E-state index in [1.165, 1.54) is 0 Å².